The molecular weight excluding hydrogens is 180 g/mol. The smallest absolute Gasteiger partial charge is 0.329 e. The maximum absolute atomic E-state index is 10.2. The van der Waals surface area contributed by atoms with Crippen LogP contribution >= 0.6 is 0 Å². The monoisotopic (exact) mass is 198 g/mol. The van der Waals surface area contributed by atoms with Crippen molar-refractivity contribution in [1.82, 2.24) is 0 Å². The van der Waals surface area contributed by atoms with Crippen LogP contribution in [-0.4, -0.2) is 23.8 Å². The molecule has 0 radical (unpaired) electrons. The predicted octanol–water partition coefficient (Wildman–Crippen LogP) is 2.39. The summed E-state index contributed by atoms with van der Waals surface area (Å²) < 4.78 is 5.02. The van der Waals surface area contributed by atoms with Crippen LogP contribution in [0, 0.1) is 0 Å². The van der Waals surface area contributed by atoms with Crippen LogP contribution in [0.15, 0.2) is 23.8 Å². The number of rotatable bonds is 6. The Bertz CT molecular complexity index is 229. The molecule has 1 N–H and O–H groups in total. The molecule has 0 aliphatic rings. The molecule has 0 saturated carbocycles. The van der Waals surface area contributed by atoms with Gasteiger partial charge >= 0.3 is 5.97 Å². The second-order valence-corrected chi connectivity index (χ2v) is 3.13. The van der Waals surface area contributed by atoms with E-state index in [1.165, 1.54) is 5.57 Å². The molecule has 0 fully saturated rings. The van der Waals surface area contributed by atoms with Crippen molar-refractivity contribution in [2.24, 2.45) is 0 Å². The molecule has 0 aliphatic carbocycles. The van der Waals surface area contributed by atoms with Gasteiger partial charge in [-0.1, -0.05) is 30.7 Å². The SMILES string of the molecule is CC/C=C(C)\C=C/C(C)OCC(=O)O. The summed E-state index contributed by atoms with van der Waals surface area (Å²) in [6.07, 6.45) is 6.73. The molecule has 80 valence electrons. The first kappa shape index (κ1) is 12.9. The molecule has 0 aliphatic heterocycles. The Morgan fingerprint density at radius 2 is 2.21 bits per heavy atom. The van der Waals surface area contributed by atoms with Crippen molar-refractivity contribution in [3.63, 3.8) is 0 Å². The molecule has 1 atom stereocenters. The molecule has 0 bridgehead atoms. The first-order valence-corrected chi connectivity index (χ1v) is 4.74. The van der Waals surface area contributed by atoms with Crippen molar-refractivity contribution in [3.05, 3.63) is 23.8 Å². The van der Waals surface area contributed by atoms with Gasteiger partial charge in [0, 0.05) is 0 Å². The van der Waals surface area contributed by atoms with E-state index in [4.69, 9.17) is 9.84 Å². The molecular formula is C11H18O3. The summed E-state index contributed by atoms with van der Waals surface area (Å²) in [7, 11) is 0. The minimum atomic E-state index is -0.939. The molecule has 3 nitrogen and oxygen atoms in total. The minimum Gasteiger partial charge on any atom is -0.480 e. The van der Waals surface area contributed by atoms with E-state index in [9.17, 15) is 4.79 Å². The van der Waals surface area contributed by atoms with E-state index in [1.54, 1.807) is 0 Å². The van der Waals surface area contributed by atoms with Crippen molar-refractivity contribution in [2.75, 3.05) is 6.61 Å². The zero-order valence-electron chi connectivity index (χ0n) is 8.99. The third kappa shape index (κ3) is 7.55. The average molecular weight is 198 g/mol. The van der Waals surface area contributed by atoms with Crippen molar-refractivity contribution in [1.29, 1.82) is 0 Å². The molecule has 0 saturated heterocycles. The zero-order valence-corrected chi connectivity index (χ0v) is 8.99. The van der Waals surface area contributed by atoms with Crippen LogP contribution in [0.1, 0.15) is 27.2 Å². The zero-order chi connectivity index (χ0) is 11.0. The van der Waals surface area contributed by atoms with Gasteiger partial charge in [-0.3, -0.25) is 0 Å². The van der Waals surface area contributed by atoms with Gasteiger partial charge in [0.25, 0.3) is 0 Å². The van der Waals surface area contributed by atoms with Crippen LogP contribution in [0.2, 0.25) is 0 Å². The van der Waals surface area contributed by atoms with Gasteiger partial charge in [-0.2, -0.15) is 0 Å². The average Bonchev–Trinajstić information content (AvgIpc) is 2.12. The summed E-state index contributed by atoms with van der Waals surface area (Å²) in [5.41, 5.74) is 1.17. The summed E-state index contributed by atoms with van der Waals surface area (Å²) in [6.45, 7) is 5.65. The van der Waals surface area contributed by atoms with Crippen LogP contribution in [0.4, 0.5) is 0 Å². The van der Waals surface area contributed by atoms with E-state index in [1.807, 2.05) is 26.0 Å². The second-order valence-electron chi connectivity index (χ2n) is 3.13. The van der Waals surface area contributed by atoms with Crippen LogP contribution in [0.5, 0.6) is 0 Å². The molecule has 0 spiro atoms. The van der Waals surface area contributed by atoms with E-state index in [-0.39, 0.29) is 12.7 Å². The molecule has 0 heterocycles. The Morgan fingerprint density at radius 1 is 1.57 bits per heavy atom. The number of allylic oxidation sites excluding steroid dienone is 3. The van der Waals surface area contributed by atoms with Gasteiger partial charge < -0.3 is 9.84 Å². The van der Waals surface area contributed by atoms with Crippen molar-refractivity contribution < 1.29 is 14.6 Å². The lowest BCUT2D eigenvalue weighted by molar-refractivity contribution is -0.143. The maximum Gasteiger partial charge on any atom is 0.329 e. The fraction of sp³-hybridized carbons (Fsp3) is 0.545. The fourth-order valence-corrected chi connectivity index (χ4v) is 0.936. The van der Waals surface area contributed by atoms with Crippen LogP contribution in [-0.2, 0) is 9.53 Å². The summed E-state index contributed by atoms with van der Waals surface area (Å²) in [4.78, 5) is 10.2. The summed E-state index contributed by atoms with van der Waals surface area (Å²) >= 11 is 0. The van der Waals surface area contributed by atoms with Crippen LogP contribution in [0.3, 0.4) is 0 Å². The Morgan fingerprint density at radius 3 is 2.71 bits per heavy atom. The quantitative estimate of drug-likeness (QED) is 0.666. The normalized spacial score (nSPS) is 14.6. The lowest BCUT2D eigenvalue weighted by atomic mass is 10.2. The molecule has 0 aromatic rings. The number of carboxylic acid groups (broad SMARTS) is 1. The van der Waals surface area contributed by atoms with Crippen LogP contribution in [0.25, 0.3) is 0 Å². The van der Waals surface area contributed by atoms with E-state index in [0.29, 0.717) is 0 Å². The minimum absolute atomic E-state index is 0.161. The first-order valence-electron chi connectivity index (χ1n) is 4.74. The molecule has 0 aromatic carbocycles. The highest BCUT2D eigenvalue weighted by atomic mass is 16.5. The predicted molar refractivity (Wildman–Crippen MR) is 56.2 cm³/mol. The first-order chi connectivity index (χ1) is 6.56. The van der Waals surface area contributed by atoms with E-state index in [0.717, 1.165) is 6.42 Å². The fourth-order valence-electron chi connectivity index (χ4n) is 0.936. The highest BCUT2D eigenvalue weighted by molar-refractivity contribution is 5.68. The number of carbonyl (C=O) groups is 1. The van der Waals surface area contributed by atoms with Crippen molar-refractivity contribution >= 4 is 5.97 Å². The topological polar surface area (TPSA) is 46.5 Å². The Kier molecular flexibility index (Phi) is 6.76. The van der Waals surface area contributed by atoms with E-state index >= 15 is 0 Å². The molecule has 3 heteroatoms. The number of aliphatic carboxylic acids is 1. The Labute approximate surface area is 85.1 Å². The summed E-state index contributed by atoms with van der Waals surface area (Å²) in [5.74, 6) is -0.939. The van der Waals surface area contributed by atoms with Gasteiger partial charge in [0.15, 0.2) is 0 Å². The van der Waals surface area contributed by atoms with Gasteiger partial charge in [0.1, 0.15) is 6.61 Å². The summed E-state index contributed by atoms with van der Waals surface area (Å²) in [5, 5.41) is 8.36. The molecule has 1 unspecified atom stereocenters. The van der Waals surface area contributed by atoms with Gasteiger partial charge in [-0.15, -0.1) is 0 Å². The van der Waals surface area contributed by atoms with Crippen molar-refractivity contribution in [2.45, 2.75) is 33.3 Å². The second kappa shape index (κ2) is 7.33. The van der Waals surface area contributed by atoms with Crippen molar-refractivity contribution in [3.8, 4) is 0 Å². The van der Waals surface area contributed by atoms with E-state index in [2.05, 4.69) is 13.0 Å². The van der Waals surface area contributed by atoms with Gasteiger partial charge in [0.05, 0.1) is 6.10 Å². The molecule has 0 aromatic heterocycles. The Hall–Kier alpha value is -1.09. The standard InChI is InChI=1S/C11H18O3/c1-4-5-9(2)6-7-10(3)14-8-11(12)13/h5-7,10H,4,8H2,1-3H3,(H,12,13)/b7-6-,9-5-. The maximum atomic E-state index is 10.2. The highest BCUT2D eigenvalue weighted by Gasteiger charge is 2.00. The Balaban J connectivity index is 3.86. The van der Waals surface area contributed by atoms with Gasteiger partial charge in [0.2, 0.25) is 0 Å². The number of hydrogen-bond acceptors (Lipinski definition) is 2. The highest BCUT2D eigenvalue weighted by Crippen LogP contribution is 2.00. The van der Waals surface area contributed by atoms with Gasteiger partial charge in [-0.25, -0.2) is 4.79 Å². The third-order valence-corrected chi connectivity index (χ3v) is 1.63. The number of carboxylic acids is 1. The lowest BCUT2D eigenvalue weighted by Gasteiger charge is -2.05. The molecule has 14 heavy (non-hydrogen) atoms. The van der Waals surface area contributed by atoms with Crippen LogP contribution < -0.4 is 0 Å². The number of hydrogen-bond donors (Lipinski definition) is 1. The molecule has 0 rings (SSSR count). The third-order valence-electron chi connectivity index (χ3n) is 1.63. The summed E-state index contributed by atoms with van der Waals surface area (Å²) in [6, 6.07) is 0. The largest absolute Gasteiger partial charge is 0.480 e. The van der Waals surface area contributed by atoms with E-state index < -0.39 is 5.97 Å². The molecule has 0 amide bonds. The van der Waals surface area contributed by atoms with Gasteiger partial charge in [-0.05, 0) is 20.3 Å². The lowest BCUT2D eigenvalue weighted by Crippen LogP contribution is -2.12. The number of ether oxygens (including phenoxy) is 1.